The zero-order valence-electron chi connectivity index (χ0n) is 36.7. The number of unbranched alkanes of at least 4 members (excludes halogenated alkanes) is 2. The average Bonchev–Trinajstić information content (AvgIpc) is 3.11. The zero-order chi connectivity index (χ0) is 38.9. The van der Waals surface area contributed by atoms with Gasteiger partial charge in [-0.2, -0.15) is 0 Å². The molecule has 0 heterocycles. The summed E-state index contributed by atoms with van der Waals surface area (Å²) in [7, 11) is 1.73. The van der Waals surface area contributed by atoms with Gasteiger partial charge in [-0.05, 0) is 89.7 Å². The Balaban J connectivity index is -0.000000166. The second-order valence-corrected chi connectivity index (χ2v) is 14.1. The number of methoxy groups -OCH3 is 1. The van der Waals surface area contributed by atoms with E-state index >= 15 is 0 Å². The Morgan fingerprint density at radius 2 is 0.857 bits per heavy atom. The van der Waals surface area contributed by atoms with Gasteiger partial charge >= 0.3 is 0 Å². The van der Waals surface area contributed by atoms with Gasteiger partial charge in [0, 0.05) is 20.3 Å². The maximum absolute atomic E-state index is 5.49. The molecule has 4 atom stereocenters. The van der Waals surface area contributed by atoms with E-state index in [4.69, 9.17) is 23.7 Å². The fourth-order valence-electron chi connectivity index (χ4n) is 2.44. The van der Waals surface area contributed by atoms with E-state index in [0.717, 1.165) is 56.5 Å². The van der Waals surface area contributed by atoms with Crippen LogP contribution in [-0.4, -0.2) is 58.0 Å². The monoisotopic (exact) mass is 701 g/mol. The molecule has 0 aliphatic heterocycles. The summed E-state index contributed by atoms with van der Waals surface area (Å²) in [5.41, 5.74) is 0. The van der Waals surface area contributed by atoms with Crippen molar-refractivity contribution in [3.8, 4) is 5.75 Å². The molecule has 4 unspecified atom stereocenters. The lowest BCUT2D eigenvalue weighted by Gasteiger charge is -2.11. The fourth-order valence-corrected chi connectivity index (χ4v) is 2.44. The van der Waals surface area contributed by atoms with Gasteiger partial charge in [-0.3, -0.25) is 0 Å². The average molecular weight is 701 g/mol. The second-order valence-electron chi connectivity index (χ2n) is 14.1. The number of hydrogen-bond acceptors (Lipinski definition) is 5. The molecule has 0 saturated carbocycles. The minimum Gasteiger partial charge on any atom is -0.491 e. The lowest BCUT2D eigenvalue weighted by Crippen LogP contribution is -2.13. The van der Waals surface area contributed by atoms with E-state index in [9.17, 15) is 0 Å². The van der Waals surface area contributed by atoms with Crippen LogP contribution in [0.25, 0.3) is 0 Å². The lowest BCUT2D eigenvalue weighted by atomic mass is 10.2. The third-order valence-electron chi connectivity index (χ3n) is 7.70. The SMILES string of the molecule is CCC(C)C.CCC(C)C.CCC(C)OC.CCC(C)OCC(C)C.CCC(C)OCCOc1ccccc1.CCCCCOC(C)CC. The summed E-state index contributed by atoms with van der Waals surface area (Å²) in [5, 5.41) is 0. The summed E-state index contributed by atoms with van der Waals surface area (Å²) in [5.74, 6) is 3.34. The van der Waals surface area contributed by atoms with E-state index in [1.807, 2.05) is 30.3 Å². The molecule has 0 fully saturated rings. The van der Waals surface area contributed by atoms with Crippen LogP contribution in [0.3, 0.4) is 0 Å². The normalized spacial score (nSPS) is 12.7. The Morgan fingerprint density at radius 1 is 0.449 bits per heavy atom. The third kappa shape index (κ3) is 62.4. The predicted octanol–water partition coefficient (Wildman–Crippen LogP) is 13.9. The van der Waals surface area contributed by atoms with Crippen LogP contribution in [0.4, 0.5) is 0 Å². The molecule has 0 amide bonds. The predicted molar refractivity (Wildman–Crippen MR) is 220 cm³/mol. The van der Waals surface area contributed by atoms with Crippen molar-refractivity contribution in [2.24, 2.45) is 17.8 Å². The Hall–Kier alpha value is -1.14. The standard InChI is InChI=1S/C12H18O2.C9H20O.C8H18O.C5H12O.2C5H12/c1-3-11(2)13-9-10-14-12-7-5-4-6-8-12;1-4-6-7-8-10-9(3)5-2;1-5-8(4)9-6-7(2)3;1-4-5(2)6-3;2*1-4-5(2)3/h4-8,11H,3,9-10H2,1-2H3;9H,4-8H2,1-3H3;7-8H,5-6H2,1-4H3;5H,4H2,1-3H3;2*5H,4H2,1-3H3. The van der Waals surface area contributed by atoms with Crippen LogP contribution in [-0.2, 0) is 18.9 Å². The molecule has 5 nitrogen and oxygen atoms in total. The smallest absolute Gasteiger partial charge is 0.119 e. The van der Waals surface area contributed by atoms with Crippen molar-refractivity contribution in [2.45, 2.75) is 200 Å². The van der Waals surface area contributed by atoms with E-state index < -0.39 is 0 Å². The van der Waals surface area contributed by atoms with E-state index in [1.54, 1.807) is 7.11 Å². The van der Waals surface area contributed by atoms with Crippen LogP contribution in [0.15, 0.2) is 30.3 Å². The third-order valence-corrected chi connectivity index (χ3v) is 7.70. The quantitative estimate of drug-likeness (QED) is 0.127. The molecule has 0 radical (unpaired) electrons. The highest BCUT2D eigenvalue weighted by Crippen LogP contribution is 2.08. The van der Waals surface area contributed by atoms with Gasteiger partial charge in [0.05, 0.1) is 31.0 Å². The van der Waals surface area contributed by atoms with E-state index in [2.05, 4.69) is 118 Å². The summed E-state index contributed by atoms with van der Waals surface area (Å²) in [6.07, 6.45) is 12.5. The molecule has 0 N–H and O–H groups in total. The minimum atomic E-state index is 0.328. The van der Waals surface area contributed by atoms with E-state index in [1.165, 1.54) is 32.1 Å². The molecule has 49 heavy (non-hydrogen) atoms. The summed E-state index contributed by atoms with van der Waals surface area (Å²) >= 11 is 0. The van der Waals surface area contributed by atoms with Gasteiger partial charge in [0.2, 0.25) is 0 Å². The maximum Gasteiger partial charge on any atom is 0.119 e. The molecule has 0 spiro atoms. The molecule has 0 aliphatic carbocycles. The van der Waals surface area contributed by atoms with E-state index in [-0.39, 0.29) is 0 Å². The van der Waals surface area contributed by atoms with Crippen molar-refractivity contribution in [2.75, 3.05) is 33.5 Å². The highest BCUT2D eigenvalue weighted by atomic mass is 16.5. The van der Waals surface area contributed by atoms with E-state index in [0.29, 0.717) is 43.5 Å². The minimum absolute atomic E-state index is 0.328. The van der Waals surface area contributed by atoms with Gasteiger partial charge in [-0.25, -0.2) is 0 Å². The summed E-state index contributed by atoms with van der Waals surface area (Å²) in [6.45, 7) is 39.8. The van der Waals surface area contributed by atoms with Gasteiger partial charge in [-0.1, -0.05) is 134 Å². The number of para-hydroxylation sites is 1. The molecule has 1 rings (SSSR count). The van der Waals surface area contributed by atoms with Crippen LogP contribution in [0.5, 0.6) is 5.75 Å². The molecule has 0 saturated heterocycles. The highest BCUT2D eigenvalue weighted by Gasteiger charge is 1.99. The largest absolute Gasteiger partial charge is 0.491 e. The molecule has 298 valence electrons. The van der Waals surface area contributed by atoms with Gasteiger partial charge in [0.1, 0.15) is 12.4 Å². The Bertz CT molecular complexity index is 653. The first kappa shape index (κ1) is 57.2. The van der Waals surface area contributed by atoms with Gasteiger partial charge in [-0.15, -0.1) is 0 Å². The van der Waals surface area contributed by atoms with Crippen molar-refractivity contribution >= 4 is 0 Å². The lowest BCUT2D eigenvalue weighted by molar-refractivity contribution is 0.0427. The summed E-state index contributed by atoms with van der Waals surface area (Å²) < 4.78 is 26.8. The molecule has 5 heteroatoms. The fraction of sp³-hybridized carbons (Fsp3) is 0.864. The molecular weight excluding hydrogens is 608 g/mol. The Morgan fingerprint density at radius 3 is 1.18 bits per heavy atom. The van der Waals surface area contributed by atoms with Gasteiger partial charge in [0.25, 0.3) is 0 Å². The molecule has 0 bridgehead atoms. The molecular formula is C44H92O5. The first-order chi connectivity index (χ1) is 23.1. The Labute approximate surface area is 310 Å². The van der Waals surface area contributed by atoms with Crippen molar-refractivity contribution in [3.05, 3.63) is 30.3 Å². The number of ether oxygens (including phenoxy) is 5. The topological polar surface area (TPSA) is 46.2 Å². The summed E-state index contributed by atoms with van der Waals surface area (Å²) in [4.78, 5) is 0. The highest BCUT2D eigenvalue weighted by molar-refractivity contribution is 5.20. The maximum atomic E-state index is 5.49. The number of hydrogen-bond donors (Lipinski definition) is 0. The van der Waals surface area contributed by atoms with Crippen LogP contribution in [0.1, 0.15) is 175 Å². The summed E-state index contributed by atoms with van der Waals surface area (Å²) in [6, 6.07) is 9.80. The molecule has 0 aliphatic rings. The first-order valence-corrected chi connectivity index (χ1v) is 20.2. The van der Waals surface area contributed by atoms with Gasteiger partial charge < -0.3 is 23.7 Å². The van der Waals surface area contributed by atoms with Crippen LogP contribution >= 0.6 is 0 Å². The molecule has 1 aromatic carbocycles. The first-order valence-electron chi connectivity index (χ1n) is 20.2. The zero-order valence-corrected chi connectivity index (χ0v) is 36.7. The second kappa shape index (κ2) is 46.9. The van der Waals surface area contributed by atoms with Crippen molar-refractivity contribution in [3.63, 3.8) is 0 Å². The van der Waals surface area contributed by atoms with Crippen LogP contribution < -0.4 is 4.74 Å². The number of rotatable bonds is 20. The molecule has 0 aromatic heterocycles. The van der Waals surface area contributed by atoms with Crippen molar-refractivity contribution in [1.82, 2.24) is 0 Å². The van der Waals surface area contributed by atoms with Gasteiger partial charge in [0.15, 0.2) is 0 Å². The van der Waals surface area contributed by atoms with Crippen molar-refractivity contribution in [1.29, 1.82) is 0 Å². The van der Waals surface area contributed by atoms with Crippen LogP contribution in [0.2, 0.25) is 0 Å². The number of benzene rings is 1. The van der Waals surface area contributed by atoms with Crippen LogP contribution in [0, 0.1) is 17.8 Å². The van der Waals surface area contributed by atoms with Crippen molar-refractivity contribution < 1.29 is 23.7 Å². The Kier molecular flexibility index (Phi) is 54.7. The molecule has 1 aromatic rings.